The lowest BCUT2D eigenvalue weighted by atomic mass is 10.1. The Labute approximate surface area is 150 Å². The lowest BCUT2D eigenvalue weighted by Gasteiger charge is -2.33. The average Bonchev–Trinajstić information content (AvgIpc) is 3.29. The molecule has 1 aromatic heterocycles. The van der Waals surface area contributed by atoms with E-state index in [1.165, 1.54) is 0 Å². The summed E-state index contributed by atoms with van der Waals surface area (Å²) in [6, 6.07) is 7.27. The molecule has 1 N–H and O–H groups in total. The maximum atomic E-state index is 12.8. The fourth-order valence-electron chi connectivity index (χ4n) is 3.38. The number of carbonyl (C=O) groups is 2. The van der Waals surface area contributed by atoms with Gasteiger partial charge in [-0.15, -0.1) is 0 Å². The molecule has 2 aliphatic rings. The molecule has 1 aromatic carbocycles. The van der Waals surface area contributed by atoms with Crippen molar-refractivity contribution < 1.29 is 19.1 Å². The molecule has 26 heavy (non-hydrogen) atoms. The zero-order chi connectivity index (χ0) is 18.1. The zero-order valence-corrected chi connectivity index (χ0v) is 14.5. The first-order valence-electron chi connectivity index (χ1n) is 8.53. The van der Waals surface area contributed by atoms with Gasteiger partial charge >= 0.3 is 0 Å². The first-order chi connectivity index (χ1) is 12.6. The van der Waals surface area contributed by atoms with Crippen molar-refractivity contribution in [2.45, 2.75) is 25.4 Å². The molecule has 0 bridgehead atoms. The normalized spacial score (nSPS) is 17.7. The van der Waals surface area contributed by atoms with Gasteiger partial charge in [-0.1, -0.05) is 6.07 Å². The second-order valence-electron chi connectivity index (χ2n) is 6.44. The van der Waals surface area contributed by atoms with Gasteiger partial charge in [-0.3, -0.25) is 14.3 Å². The van der Waals surface area contributed by atoms with Gasteiger partial charge in [-0.25, -0.2) is 0 Å². The van der Waals surface area contributed by atoms with Crippen LogP contribution in [0.1, 0.15) is 23.7 Å². The molecule has 0 radical (unpaired) electrons. The monoisotopic (exact) mass is 356 g/mol. The van der Waals surface area contributed by atoms with Crippen LogP contribution in [0.25, 0.3) is 0 Å². The van der Waals surface area contributed by atoms with Crippen LogP contribution >= 0.6 is 0 Å². The molecular formula is C18H20N4O4. The van der Waals surface area contributed by atoms with E-state index in [0.717, 1.165) is 11.3 Å². The third-order valence-electron chi connectivity index (χ3n) is 4.73. The summed E-state index contributed by atoms with van der Waals surface area (Å²) in [5, 5.41) is 6.94. The fourth-order valence-corrected chi connectivity index (χ4v) is 3.38. The van der Waals surface area contributed by atoms with Gasteiger partial charge in [0.05, 0.1) is 31.1 Å². The topological polar surface area (TPSA) is 85.7 Å². The number of hydrogen-bond donors (Lipinski definition) is 1. The van der Waals surface area contributed by atoms with E-state index < -0.39 is 0 Å². The van der Waals surface area contributed by atoms with Crippen LogP contribution in [0.15, 0.2) is 30.5 Å². The highest BCUT2D eigenvalue weighted by atomic mass is 16.7. The second kappa shape index (κ2) is 6.70. The summed E-state index contributed by atoms with van der Waals surface area (Å²) in [5.74, 6) is 1.32. The Morgan fingerprint density at radius 3 is 2.96 bits per heavy atom. The summed E-state index contributed by atoms with van der Waals surface area (Å²) in [7, 11) is 1.61. The predicted molar refractivity (Wildman–Crippen MR) is 91.6 cm³/mol. The van der Waals surface area contributed by atoms with E-state index in [0.29, 0.717) is 31.0 Å². The molecule has 2 aromatic rings. The predicted octanol–water partition coefficient (Wildman–Crippen LogP) is 0.874. The van der Waals surface area contributed by atoms with Gasteiger partial charge in [0.15, 0.2) is 11.5 Å². The Bertz CT molecular complexity index is 847. The van der Waals surface area contributed by atoms with E-state index in [2.05, 4.69) is 10.4 Å². The SMILES string of the molecule is CNC(=O)C[C@H]1CN(C(=O)Cc2ccc3c(c2)OCO3)Cc2ccnn21. The summed E-state index contributed by atoms with van der Waals surface area (Å²) in [6.45, 7) is 1.17. The van der Waals surface area contributed by atoms with Gasteiger partial charge in [-0.2, -0.15) is 5.10 Å². The average molecular weight is 356 g/mol. The van der Waals surface area contributed by atoms with Crippen LogP contribution in [0.4, 0.5) is 0 Å². The number of ether oxygens (including phenoxy) is 2. The van der Waals surface area contributed by atoms with Gasteiger partial charge in [0.25, 0.3) is 0 Å². The highest BCUT2D eigenvalue weighted by molar-refractivity contribution is 5.80. The Balaban J connectivity index is 1.48. The number of rotatable bonds is 4. The van der Waals surface area contributed by atoms with Crippen LogP contribution in [0, 0.1) is 0 Å². The van der Waals surface area contributed by atoms with Gasteiger partial charge in [0, 0.05) is 19.8 Å². The van der Waals surface area contributed by atoms with Crippen molar-refractivity contribution in [1.82, 2.24) is 20.0 Å². The van der Waals surface area contributed by atoms with E-state index >= 15 is 0 Å². The molecule has 0 aliphatic carbocycles. The maximum Gasteiger partial charge on any atom is 0.231 e. The molecule has 0 unspecified atom stereocenters. The van der Waals surface area contributed by atoms with Crippen molar-refractivity contribution in [2.75, 3.05) is 20.4 Å². The van der Waals surface area contributed by atoms with E-state index in [9.17, 15) is 9.59 Å². The van der Waals surface area contributed by atoms with E-state index in [1.807, 2.05) is 28.9 Å². The summed E-state index contributed by atoms with van der Waals surface area (Å²) in [6.07, 6.45) is 2.27. The first-order valence-corrected chi connectivity index (χ1v) is 8.53. The van der Waals surface area contributed by atoms with E-state index in [4.69, 9.17) is 9.47 Å². The molecular weight excluding hydrogens is 336 g/mol. The Morgan fingerprint density at radius 2 is 2.12 bits per heavy atom. The third-order valence-corrected chi connectivity index (χ3v) is 4.73. The van der Waals surface area contributed by atoms with Crippen molar-refractivity contribution in [3.8, 4) is 11.5 Å². The van der Waals surface area contributed by atoms with Gasteiger partial charge in [0.2, 0.25) is 18.6 Å². The third kappa shape index (κ3) is 3.10. The molecule has 4 rings (SSSR count). The van der Waals surface area contributed by atoms with Gasteiger partial charge in [0.1, 0.15) is 0 Å². The highest BCUT2D eigenvalue weighted by Crippen LogP contribution is 2.33. The van der Waals surface area contributed by atoms with Crippen LogP contribution < -0.4 is 14.8 Å². The molecule has 0 fully saturated rings. The molecule has 0 spiro atoms. The Hall–Kier alpha value is -3.03. The van der Waals surface area contributed by atoms with Crippen molar-refractivity contribution >= 4 is 11.8 Å². The molecule has 0 saturated carbocycles. The maximum absolute atomic E-state index is 12.8. The van der Waals surface area contributed by atoms with Crippen molar-refractivity contribution in [3.05, 3.63) is 41.7 Å². The number of hydrogen-bond acceptors (Lipinski definition) is 5. The molecule has 0 saturated heterocycles. The Kier molecular flexibility index (Phi) is 4.24. The zero-order valence-electron chi connectivity index (χ0n) is 14.5. The van der Waals surface area contributed by atoms with Crippen molar-refractivity contribution in [3.63, 3.8) is 0 Å². The molecule has 3 heterocycles. The minimum absolute atomic E-state index is 0.0122. The van der Waals surface area contributed by atoms with Crippen molar-refractivity contribution in [2.24, 2.45) is 0 Å². The lowest BCUT2D eigenvalue weighted by Crippen LogP contribution is -2.43. The second-order valence-corrected chi connectivity index (χ2v) is 6.44. The van der Waals surface area contributed by atoms with E-state index in [-0.39, 0.29) is 31.1 Å². The number of nitrogens with zero attached hydrogens (tertiary/aromatic N) is 3. The van der Waals surface area contributed by atoms with Crippen LogP contribution in [0.2, 0.25) is 0 Å². The molecule has 136 valence electrons. The number of amides is 2. The summed E-state index contributed by atoms with van der Waals surface area (Å²) < 4.78 is 12.5. The quantitative estimate of drug-likeness (QED) is 0.879. The van der Waals surface area contributed by atoms with Crippen LogP contribution in [0.5, 0.6) is 11.5 Å². The molecule has 2 aliphatic heterocycles. The van der Waals surface area contributed by atoms with Crippen LogP contribution in [-0.4, -0.2) is 46.9 Å². The molecule has 1 atom stereocenters. The number of fused-ring (bicyclic) bond motifs is 2. The standard InChI is InChI=1S/C18H20N4O4/c1-19-17(23)8-14-10-21(9-13-4-5-20-22(13)14)18(24)7-12-2-3-15-16(6-12)26-11-25-15/h2-6,14H,7-11H2,1H3,(H,19,23)/t14-/m0/s1. The number of benzene rings is 1. The van der Waals surface area contributed by atoms with Crippen molar-refractivity contribution in [1.29, 1.82) is 0 Å². The molecule has 8 heteroatoms. The van der Waals surface area contributed by atoms with Gasteiger partial charge in [-0.05, 0) is 23.8 Å². The van der Waals surface area contributed by atoms with Crippen LogP contribution in [0.3, 0.4) is 0 Å². The largest absolute Gasteiger partial charge is 0.454 e. The number of nitrogens with one attached hydrogen (secondary N) is 1. The molecule has 2 amide bonds. The first kappa shape index (κ1) is 16.4. The highest BCUT2D eigenvalue weighted by Gasteiger charge is 2.30. The lowest BCUT2D eigenvalue weighted by molar-refractivity contribution is -0.133. The van der Waals surface area contributed by atoms with Gasteiger partial charge < -0.3 is 19.7 Å². The minimum atomic E-state index is -0.158. The number of aromatic nitrogens is 2. The van der Waals surface area contributed by atoms with E-state index in [1.54, 1.807) is 18.1 Å². The minimum Gasteiger partial charge on any atom is -0.454 e. The summed E-state index contributed by atoms with van der Waals surface area (Å²) >= 11 is 0. The summed E-state index contributed by atoms with van der Waals surface area (Å²) in [5.41, 5.74) is 1.81. The van der Waals surface area contributed by atoms with Crippen LogP contribution in [-0.2, 0) is 22.6 Å². The molecule has 8 nitrogen and oxygen atoms in total. The Morgan fingerprint density at radius 1 is 1.27 bits per heavy atom. The fraction of sp³-hybridized carbons (Fsp3) is 0.389. The number of carbonyl (C=O) groups excluding carboxylic acids is 2. The summed E-state index contributed by atoms with van der Waals surface area (Å²) in [4.78, 5) is 26.4. The smallest absolute Gasteiger partial charge is 0.231 e.